The normalized spacial score (nSPS) is 27.9. The molecule has 0 spiro atoms. The van der Waals surface area contributed by atoms with E-state index in [1.807, 2.05) is 19.9 Å². The SMILES string of the molecule is COC1=CC2=C(C(OC(C)=O)CC(C)(C)O2)C2Oc3ccccc3C(=O)C12. The Kier molecular flexibility index (Phi) is 4.02. The first-order chi connectivity index (χ1) is 12.8. The fourth-order valence-electron chi connectivity index (χ4n) is 4.06. The number of carbonyl (C=O) groups excluding carboxylic acids is 2. The maximum absolute atomic E-state index is 13.2. The van der Waals surface area contributed by atoms with Gasteiger partial charge in [-0.25, -0.2) is 0 Å². The van der Waals surface area contributed by atoms with Gasteiger partial charge >= 0.3 is 5.97 Å². The zero-order valence-corrected chi connectivity index (χ0v) is 15.8. The van der Waals surface area contributed by atoms with E-state index in [1.54, 1.807) is 24.3 Å². The van der Waals surface area contributed by atoms with Crippen molar-refractivity contribution in [3.63, 3.8) is 0 Å². The highest BCUT2D eigenvalue weighted by molar-refractivity contribution is 6.03. The Hall–Kier alpha value is -2.76. The van der Waals surface area contributed by atoms with Crippen molar-refractivity contribution in [3.05, 3.63) is 53.0 Å². The number of rotatable bonds is 2. The minimum Gasteiger partial charge on any atom is -0.500 e. The lowest BCUT2D eigenvalue weighted by Crippen LogP contribution is -2.50. The van der Waals surface area contributed by atoms with E-state index in [4.69, 9.17) is 18.9 Å². The van der Waals surface area contributed by atoms with Crippen LogP contribution >= 0.6 is 0 Å². The minimum absolute atomic E-state index is 0.0760. The molecule has 0 saturated heterocycles. The van der Waals surface area contributed by atoms with Crippen LogP contribution in [0.5, 0.6) is 5.75 Å². The molecule has 142 valence electrons. The molecule has 27 heavy (non-hydrogen) atoms. The second kappa shape index (κ2) is 6.15. The van der Waals surface area contributed by atoms with Gasteiger partial charge in [0, 0.05) is 19.4 Å². The van der Waals surface area contributed by atoms with Crippen molar-refractivity contribution < 1.29 is 28.5 Å². The Balaban J connectivity index is 1.86. The Bertz CT molecular complexity index is 878. The van der Waals surface area contributed by atoms with Crippen LogP contribution in [0.2, 0.25) is 0 Å². The van der Waals surface area contributed by atoms with Crippen molar-refractivity contribution >= 4 is 11.8 Å². The summed E-state index contributed by atoms with van der Waals surface area (Å²) in [7, 11) is 1.53. The van der Waals surface area contributed by atoms with Crippen LogP contribution < -0.4 is 4.74 Å². The van der Waals surface area contributed by atoms with E-state index in [2.05, 4.69) is 0 Å². The third kappa shape index (κ3) is 2.89. The van der Waals surface area contributed by atoms with Gasteiger partial charge in [0.15, 0.2) is 5.78 Å². The van der Waals surface area contributed by atoms with Crippen molar-refractivity contribution in [2.24, 2.45) is 5.92 Å². The third-order valence-electron chi connectivity index (χ3n) is 5.12. The molecular formula is C21H22O6. The van der Waals surface area contributed by atoms with E-state index in [9.17, 15) is 9.59 Å². The Labute approximate surface area is 157 Å². The Morgan fingerprint density at radius 1 is 1.26 bits per heavy atom. The highest BCUT2D eigenvalue weighted by atomic mass is 16.6. The van der Waals surface area contributed by atoms with Crippen LogP contribution in [0.1, 0.15) is 37.6 Å². The smallest absolute Gasteiger partial charge is 0.303 e. The first-order valence-electron chi connectivity index (χ1n) is 8.96. The molecule has 6 heteroatoms. The Morgan fingerprint density at radius 3 is 2.70 bits per heavy atom. The highest BCUT2D eigenvalue weighted by Gasteiger charge is 2.51. The standard InChI is InChI=1S/C21H22O6/c1-11(22)25-16-10-21(2,3)27-15-9-14(24-4)18-19(23)12-7-5-6-8-13(12)26-20(18)17(15)16/h5-9,16,18,20H,10H2,1-4H3. The lowest BCUT2D eigenvalue weighted by molar-refractivity contribution is -0.150. The molecule has 1 aromatic carbocycles. The number of ketones is 1. The predicted octanol–water partition coefficient (Wildman–Crippen LogP) is 3.18. The molecule has 6 nitrogen and oxygen atoms in total. The topological polar surface area (TPSA) is 71.1 Å². The number of benzene rings is 1. The number of carbonyl (C=O) groups is 2. The van der Waals surface area contributed by atoms with Crippen LogP contribution in [0, 0.1) is 5.92 Å². The summed E-state index contributed by atoms with van der Waals surface area (Å²) in [6, 6.07) is 7.14. The maximum Gasteiger partial charge on any atom is 0.303 e. The molecule has 3 atom stereocenters. The van der Waals surface area contributed by atoms with Crippen molar-refractivity contribution in [1.82, 2.24) is 0 Å². The van der Waals surface area contributed by atoms with Gasteiger partial charge in [-0.15, -0.1) is 0 Å². The van der Waals surface area contributed by atoms with Crippen molar-refractivity contribution in [3.8, 4) is 5.75 Å². The lowest BCUT2D eigenvalue weighted by atomic mass is 9.76. The number of hydrogen-bond donors (Lipinski definition) is 0. The molecule has 1 aliphatic carbocycles. The number of allylic oxidation sites excluding steroid dienone is 1. The average molecular weight is 370 g/mol. The molecule has 0 bridgehead atoms. The minimum atomic E-state index is -0.636. The number of Topliss-reactive ketones (excluding diaryl/α,β-unsaturated/α-hetero) is 1. The first-order valence-corrected chi connectivity index (χ1v) is 8.96. The molecule has 2 aliphatic heterocycles. The summed E-state index contributed by atoms with van der Waals surface area (Å²) in [6.45, 7) is 5.24. The van der Waals surface area contributed by atoms with Crippen molar-refractivity contribution in [2.75, 3.05) is 7.11 Å². The molecule has 0 aromatic heterocycles. The highest BCUT2D eigenvalue weighted by Crippen LogP contribution is 2.46. The second-order valence-electron chi connectivity index (χ2n) is 7.61. The van der Waals surface area contributed by atoms with Crippen LogP contribution in [0.15, 0.2) is 47.4 Å². The number of para-hydroxylation sites is 1. The first kappa shape index (κ1) is 17.6. The number of ether oxygens (including phenoxy) is 4. The fourth-order valence-corrected chi connectivity index (χ4v) is 4.06. The monoisotopic (exact) mass is 370 g/mol. The molecule has 0 amide bonds. The summed E-state index contributed by atoms with van der Waals surface area (Å²) >= 11 is 0. The molecule has 0 radical (unpaired) electrons. The predicted molar refractivity (Wildman–Crippen MR) is 96.1 cm³/mol. The molecule has 3 unspecified atom stereocenters. The van der Waals surface area contributed by atoms with Gasteiger partial charge in [-0.2, -0.15) is 0 Å². The average Bonchev–Trinajstić information content (AvgIpc) is 2.59. The molecule has 2 heterocycles. The quantitative estimate of drug-likeness (QED) is 0.745. The number of hydrogen-bond acceptors (Lipinski definition) is 6. The maximum atomic E-state index is 13.2. The van der Waals surface area contributed by atoms with Gasteiger partial charge in [0.25, 0.3) is 0 Å². The van der Waals surface area contributed by atoms with Crippen molar-refractivity contribution in [1.29, 1.82) is 0 Å². The van der Waals surface area contributed by atoms with E-state index in [1.165, 1.54) is 14.0 Å². The summed E-state index contributed by atoms with van der Waals surface area (Å²) in [5.74, 6) is 0.448. The van der Waals surface area contributed by atoms with E-state index in [0.717, 1.165) is 0 Å². The zero-order chi connectivity index (χ0) is 19.3. The van der Waals surface area contributed by atoms with Crippen LogP contribution in [0.25, 0.3) is 0 Å². The van der Waals surface area contributed by atoms with Gasteiger partial charge in [-0.3, -0.25) is 9.59 Å². The number of esters is 1. The van der Waals surface area contributed by atoms with E-state index in [0.29, 0.717) is 34.8 Å². The van der Waals surface area contributed by atoms with Crippen LogP contribution in [0.4, 0.5) is 0 Å². The molecule has 0 N–H and O–H groups in total. The fraction of sp³-hybridized carbons (Fsp3) is 0.429. The molecule has 1 aromatic rings. The van der Waals surface area contributed by atoms with Gasteiger partial charge < -0.3 is 18.9 Å². The zero-order valence-electron chi connectivity index (χ0n) is 15.8. The van der Waals surface area contributed by atoms with Gasteiger partial charge in [-0.05, 0) is 26.0 Å². The van der Waals surface area contributed by atoms with Crippen molar-refractivity contribution in [2.45, 2.75) is 45.0 Å². The summed E-state index contributed by atoms with van der Waals surface area (Å²) in [5.41, 5.74) is 0.669. The van der Waals surface area contributed by atoms with Gasteiger partial charge in [-0.1, -0.05) is 12.1 Å². The Morgan fingerprint density at radius 2 is 2.00 bits per heavy atom. The number of fused-ring (bicyclic) bond motifs is 3. The van der Waals surface area contributed by atoms with Crippen LogP contribution in [-0.2, 0) is 19.0 Å². The summed E-state index contributed by atoms with van der Waals surface area (Å²) in [6.07, 6.45) is 1.04. The summed E-state index contributed by atoms with van der Waals surface area (Å²) in [4.78, 5) is 24.9. The van der Waals surface area contributed by atoms with Crippen LogP contribution in [-0.4, -0.2) is 36.7 Å². The molecular weight excluding hydrogens is 348 g/mol. The lowest BCUT2D eigenvalue weighted by Gasteiger charge is -2.45. The number of methoxy groups -OCH3 is 1. The van der Waals surface area contributed by atoms with Gasteiger partial charge in [0.1, 0.15) is 41.0 Å². The third-order valence-corrected chi connectivity index (χ3v) is 5.12. The summed E-state index contributed by atoms with van der Waals surface area (Å²) < 4.78 is 23.5. The summed E-state index contributed by atoms with van der Waals surface area (Å²) in [5, 5.41) is 0. The van der Waals surface area contributed by atoms with Gasteiger partial charge in [0.05, 0.1) is 18.2 Å². The molecule has 3 aliphatic rings. The molecule has 4 rings (SSSR count). The van der Waals surface area contributed by atoms with E-state index < -0.39 is 23.7 Å². The second-order valence-corrected chi connectivity index (χ2v) is 7.61. The van der Waals surface area contributed by atoms with Crippen LogP contribution in [0.3, 0.4) is 0 Å². The largest absolute Gasteiger partial charge is 0.500 e. The molecule has 0 saturated carbocycles. The molecule has 0 fully saturated rings. The van der Waals surface area contributed by atoms with E-state index in [-0.39, 0.29) is 11.8 Å². The van der Waals surface area contributed by atoms with E-state index >= 15 is 0 Å². The van der Waals surface area contributed by atoms with Gasteiger partial charge in [0.2, 0.25) is 0 Å².